The van der Waals surface area contributed by atoms with Gasteiger partial charge in [0.15, 0.2) is 0 Å². The number of carbonyl (C=O) groups is 2. The number of rotatable bonds is 7. The van der Waals surface area contributed by atoms with Crippen molar-refractivity contribution in [3.63, 3.8) is 0 Å². The second-order valence-corrected chi connectivity index (χ2v) is 12.7. The van der Waals surface area contributed by atoms with E-state index in [1.54, 1.807) is 0 Å². The highest BCUT2D eigenvalue weighted by Crippen LogP contribution is 2.31. The number of nitrogens with two attached hydrogens (primary N) is 1. The minimum atomic E-state index is -4.41. The van der Waals surface area contributed by atoms with Crippen molar-refractivity contribution in [3.8, 4) is 0 Å². The van der Waals surface area contributed by atoms with Gasteiger partial charge < -0.3 is 11.1 Å². The molecule has 3 N–H and O–H groups in total. The molecule has 0 aromatic heterocycles. The molecule has 0 aliphatic rings. The summed E-state index contributed by atoms with van der Waals surface area (Å²) in [5.41, 5.74) is 7.18. The summed E-state index contributed by atoms with van der Waals surface area (Å²) < 4.78 is 75.0. The molecular weight excluding hydrogens is 738 g/mol. The van der Waals surface area contributed by atoms with Gasteiger partial charge in [0.25, 0.3) is 0 Å². The van der Waals surface area contributed by atoms with Gasteiger partial charge in [0.05, 0.1) is 17.2 Å². The Morgan fingerprint density at radius 1 is 0.600 bits per heavy atom. The highest BCUT2D eigenvalue weighted by atomic mass is 35.5. The van der Waals surface area contributed by atoms with Gasteiger partial charge in [0.1, 0.15) is 0 Å². The molecule has 6 aromatic rings. The van der Waals surface area contributed by atoms with Crippen molar-refractivity contribution < 1.29 is 35.9 Å². The molecule has 284 valence electrons. The quantitative estimate of drug-likeness (QED) is 0.0964. The van der Waals surface area contributed by atoms with Crippen LogP contribution in [0, 0.1) is 0 Å². The number of hydrogen-bond acceptors (Lipinski definition) is 3. The van der Waals surface area contributed by atoms with Gasteiger partial charge in [-0.05, 0) is 106 Å². The zero-order valence-electron chi connectivity index (χ0n) is 29.7. The largest absolute Gasteiger partial charge is 0.416 e. The molecule has 2 atom stereocenters. The van der Waals surface area contributed by atoms with Crippen molar-refractivity contribution in [2.24, 2.45) is 5.73 Å². The van der Waals surface area contributed by atoms with Gasteiger partial charge in [0, 0.05) is 12.1 Å². The maximum atomic E-state index is 12.8. The van der Waals surface area contributed by atoms with Crippen molar-refractivity contribution in [2.75, 3.05) is 0 Å². The number of fused-ring (bicyclic) bond motifs is 2. The Labute approximate surface area is 319 Å². The monoisotopic (exact) mass is 774 g/mol. The zero-order valence-corrected chi connectivity index (χ0v) is 30.5. The molecule has 0 radical (unpaired) electrons. The van der Waals surface area contributed by atoms with Crippen molar-refractivity contribution in [2.45, 2.75) is 38.3 Å². The molecule has 4 nitrogen and oxygen atoms in total. The Bertz CT molecular complexity index is 2290. The third kappa shape index (κ3) is 12.7. The van der Waals surface area contributed by atoms with E-state index in [9.17, 15) is 35.9 Å². The number of benzene rings is 6. The minimum Gasteiger partial charge on any atom is -0.346 e. The van der Waals surface area contributed by atoms with E-state index >= 15 is 0 Å². The standard InChI is InChI=1S/C22H18F3NO.C12H13N.C10H6ClF3O/c1-15(19-11-5-8-17-7-2-3-10-20(17)19)26-21(27)13-12-16-6-4-9-18(14-16)22(23,24)25;1-9(13)11-8-4-6-10-5-2-3-7-12(10)11;11-9(15)5-4-7-2-1-3-8(6-7)10(12,13)14/h2-15H,1H3,(H,26,27);2-9H,13H2,1H3;1-6H/b13-12+;;5-4+/t15-;9-;/m11./s1. The number of alkyl halides is 6. The second-order valence-electron chi connectivity index (χ2n) is 12.4. The summed E-state index contributed by atoms with van der Waals surface area (Å²) in [5, 5.41) is 6.78. The summed E-state index contributed by atoms with van der Waals surface area (Å²) in [5.74, 6) is -0.368. The molecule has 0 spiro atoms. The van der Waals surface area contributed by atoms with Crippen LogP contribution in [-0.2, 0) is 21.9 Å². The Balaban J connectivity index is 0.000000202. The molecule has 0 heterocycles. The van der Waals surface area contributed by atoms with Crippen LogP contribution in [0.5, 0.6) is 0 Å². The van der Waals surface area contributed by atoms with Crippen molar-refractivity contribution >= 4 is 56.4 Å². The third-order valence-electron chi connectivity index (χ3n) is 8.22. The number of allylic oxidation sites excluding steroid dienone is 1. The maximum Gasteiger partial charge on any atom is 0.416 e. The maximum absolute atomic E-state index is 12.8. The lowest BCUT2D eigenvalue weighted by molar-refractivity contribution is -0.138. The van der Waals surface area contributed by atoms with Crippen LogP contribution in [0.15, 0.2) is 146 Å². The molecule has 1 amide bonds. The van der Waals surface area contributed by atoms with E-state index in [0.29, 0.717) is 5.56 Å². The highest BCUT2D eigenvalue weighted by Gasteiger charge is 2.31. The van der Waals surface area contributed by atoms with Gasteiger partial charge in [-0.15, -0.1) is 0 Å². The van der Waals surface area contributed by atoms with Crippen LogP contribution in [0.25, 0.3) is 33.7 Å². The van der Waals surface area contributed by atoms with Gasteiger partial charge >= 0.3 is 12.4 Å². The van der Waals surface area contributed by atoms with Crippen molar-refractivity contribution in [1.29, 1.82) is 0 Å². The van der Waals surface area contributed by atoms with Crippen molar-refractivity contribution in [3.05, 3.63) is 179 Å². The third-order valence-corrected chi connectivity index (χ3v) is 8.35. The summed E-state index contributed by atoms with van der Waals surface area (Å²) >= 11 is 5.01. The predicted molar refractivity (Wildman–Crippen MR) is 209 cm³/mol. The molecule has 0 aliphatic carbocycles. The molecule has 6 rings (SSSR count). The predicted octanol–water partition coefficient (Wildman–Crippen LogP) is 12.1. The molecule has 0 unspecified atom stereocenters. The first-order valence-electron chi connectivity index (χ1n) is 16.9. The molecule has 0 saturated heterocycles. The normalized spacial score (nSPS) is 12.8. The summed E-state index contributed by atoms with van der Waals surface area (Å²) in [4.78, 5) is 22.6. The minimum absolute atomic E-state index is 0.103. The van der Waals surface area contributed by atoms with E-state index < -0.39 is 28.7 Å². The molecular formula is C44H37ClF6N2O2. The molecule has 55 heavy (non-hydrogen) atoms. The molecule has 0 bridgehead atoms. The molecule has 11 heteroatoms. The van der Waals surface area contributed by atoms with Gasteiger partial charge in [-0.3, -0.25) is 9.59 Å². The van der Waals surface area contributed by atoms with Crippen LogP contribution >= 0.6 is 11.6 Å². The van der Waals surface area contributed by atoms with E-state index in [1.807, 2.05) is 68.4 Å². The van der Waals surface area contributed by atoms with Crippen LogP contribution in [0.3, 0.4) is 0 Å². The van der Waals surface area contributed by atoms with Crippen LogP contribution in [0.2, 0.25) is 0 Å². The SMILES string of the molecule is C[C@@H](N)c1cccc2ccccc12.C[C@@H](NC(=O)/C=C/c1cccc(C(F)(F)F)c1)c1cccc2ccccc12.O=C(Cl)/C=C/c1cccc(C(F)(F)F)c1. The van der Waals surface area contributed by atoms with Crippen LogP contribution < -0.4 is 11.1 Å². The van der Waals surface area contributed by atoms with E-state index in [-0.39, 0.29) is 23.6 Å². The van der Waals surface area contributed by atoms with E-state index in [4.69, 9.17) is 17.3 Å². The molecule has 0 saturated carbocycles. The fourth-order valence-corrected chi connectivity index (χ4v) is 5.65. The fraction of sp³-hybridized carbons (Fsp3) is 0.136. The number of nitrogens with one attached hydrogen (secondary N) is 1. The van der Waals surface area contributed by atoms with Crippen LogP contribution in [0.4, 0.5) is 26.3 Å². The van der Waals surface area contributed by atoms with Crippen molar-refractivity contribution in [1.82, 2.24) is 5.32 Å². The molecule has 0 aliphatic heterocycles. The van der Waals surface area contributed by atoms with E-state index in [0.717, 1.165) is 46.7 Å². The Morgan fingerprint density at radius 2 is 1.02 bits per heavy atom. The summed E-state index contributed by atoms with van der Waals surface area (Å²) in [6.07, 6.45) is -3.94. The van der Waals surface area contributed by atoms with Crippen LogP contribution in [-0.4, -0.2) is 11.1 Å². The lowest BCUT2D eigenvalue weighted by Gasteiger charge is -2.15. The first-order valence-corrected chi connectivity index (χ1v) is 17.3. The average molecular weight is 775 g/mol. The Morgan fingerprint density at radius 3 is 1.49 bits per heavy atom. The lowest BCUT2D eigenvalue weighted by Crippen LogP contribution is -2.24. The first kappa shape index (κ1) is 42.0. The second kappa shape index (κ2) is 19.1. The highest BCUT2D eigenvalue weighted by molar-refractivity contribution is 6.66. The van der Waals surface area contributed by atoms with Gasteiger partial charge in [0.2, 0.25) is 11.1 Å². The smallest absolute Gasteiger partial charge is 0.346 e. The summed E-state index contributed by atoms with van der Waals surface area (Å²) in [7, 11) is 0. The molecule has 6 aromatic carbocycles. The van der Waals surface area contributed by atoms with Gasteiger partial charge in [-0.2, -0.15) is 26.3 Å². The average Bonchev–Trinajstić information content (AvgIpc) is 3.16. The summed E-state index contributed by atoms with van der Waals surface area (Å²) in [6.45, 7) is 3.89. The number of amides is 1. The fourth-order valence-electron chi connectivity index (χ4n) is 5.59. The topological polar surface area (TPSA) is 72.2 Å². The van der Waals surface area contributed by atoms with E-state index in [2.05, 4.69) is 35.6 Å². The number of halogens is 7. The lowest BCUT2D eigenvalue weighted by atomic mass is 10.00. The van der Waals surface area contributed by atoms with Crippen LogP contribution in [0.1, 0.15) is 59.3 Å². The Kier molecular flexibility index (Phi) is 14.6. The van der Waals surface area contributed by atoms with Gasteiger partial charge in [-0.25, -0.2) is 0 Å². The van der Waals surface area contributed by atoms with Gasteiger partial charge in [-0.1, -0.05) is 115 Å². The first-order chi connectivity index (χ1) is 26.0. The summed E-state index contributed by atoms with van der Waals surface area (Å²) in [6, 6.07) is 37.7. The zero-order chi connectivity index (χ0) is 40.2. The number of hydrogen-bond donors (Lipinski definition) is 2. The van der Waals surface area contributed by atoms with E-state index in [1.165, 1.54) is 58.8 Å². The molecule has 0 fully saturated rings. The Hall–Kier alpha value is -5.71. The number of carbonyl (C=O) groups excluding carboxylic acids is 2.